The number of ether oxygens (including phenoxy) is 2. The van der Waals surface area contributed by atoms with Gasteiger partial charge >= 0.3 is 17.9 Å². The van der Waals surface area contributed by atoms with Crippen LogP contribution in [-0.2, 0) is 19.1 Å². The first-order valence-electron chi connectivity index (χ1n) is 10.2. The van der Waals surface area contributed by atoms with Gasteiger partial charge in [0.05, 0.1) is 36.6 Å². The molecule has 3 aromatic rings. The van der Waals surface area contributed by atoms with Crippen LogP contribution in [0.15, 0.2) is 90.3 Å². The quantitative estimate of drug-likeness (QED) is 0.573. The number of carboxylic acid groups (broad SMARTS) is 1. The molecule has 0 saturated heterocycles. The van der Waals surface area contributed by atoms with E-state index in [4.69, 9.17) is 9.47 Å². The molecule has 0 atom stereocenters. The Bertz CT molecular complexity index is 1390. The summed E-state index contributed by atoms with van der Waals surface area (Å²) in [4.78, 5) is 42.8. The summed E-state index contributed by atoms with van der Waals surface area (Å²) in [5.41, 5.74) is 2.53. The van der Waals surface area contributed by atoms with Crippen molar-refractivity contribution >= 4 is 34.5 Å². The molecule has 8 heteroatoms. The van der Waals surface area contributed by atoms with Crippen LogP contribution in [-0.4, -0.2) is 42.2 Å². The second-order valence-corrected chi connectivity index (χ2v) is 7.24. The van der Waals surface area contributed by atoms with Crippen LogP contribution in [0.2, 0.25) is 0 Å². The fourth-order valence-electron chi connectivity index (χ4n) is 3.66. The predicted octanol–water partition coefficient (Wildman–Crippen LogP) is 4.09. The number of carboxylic acids is 1. The summed E-state index contributed by atoms with van der Waals surface area (Å²) in [5, 5.41) is 10.2. The maximum Gasteiger partial charge on any atom is 0.355 e. The smallest absolute Gasteiger partial charge is 0.355 e. The highest BCUT2D eigenvalue weighted by molar-refractivity contribution is 6.06. The lowest BCUT2D eigenvalue weighted by Crippen LogP contribution is -2.26. The fraction of sp³-hybridized carbons (Fsp3) is 0.0769. The first-order chi connectivity index (χ1) is 16.4. The van der Waals surface area contributed by atoms with Crippen LogP contribution in [0.3, 0.4) is 0 Å². The van der Waals surface area contributed by atoms with Gasteiger partial charge in [-0.3, -0.25) is 0 Å². The summed E-state index contributed by atoms with van der Waals surface area (Å²) in [6, 6.07) is 15.6. The van der Waals surface area contributed by atoms with Crippen LogP contribution in [0, 0.1) is 0 Å². The second kappa shape index (κ2) is 9.41. The maximum absolute atomic E-state index is 12.6. The average Bonchev–Trinajstić information content (AvgIpc) is 3.10. The number of carbonyl (C=O) groups is 3. The highest BCUT2D eigenvalue weighted by Crippen LogP contribution is 2.30. The Labute approximate surface area is 195 Å². The van der Waals surface area contributed by atoms with E-state index in [9.17, 15) is 19.5 Å². The number of benzene rings is 2. The lowest BCUT2D eigenvalue weighted by molar-refractivity contribution is -0.139. The number of hydrogen-bond donors (Lipinski definition) is 1. The Balaban J connectivity index is 1.79. The fourth-order valence-corrected chi connectivity index (χ4v) is 3.66. The second-order valence-electron chi connectivity index (χ2n) is 7.24. The zero-order chi connectivity index (χ0) is 24.2. The van der Waals surface area contributed by atoms with Gasteiger partial charge in [0.1, 0.15) is 5.70 Å². The van der Waals surface area contributed by atoms with E-state index in [1.165, 1.54) is 31.3 Å². The third-order valence-electron chi connectivity index (χ3n) is 5.28. The number of rotatable bonds is 5. The molecular weight excluding hydrogens is 436 g/mol. The molecule has 0 saturated carbocycles. The number of fused-ring (bicyclic) bond motifs is 1. The van der Waals surface area contributed by atoms with E-state index in [1.807, 2.05) is 0 Å². The zero-order valence-electron chi connectivity index (χ0n) is 18.4. The molecule has 1 N–H and O–H groups in total. The number of pyridine rings is 1. The minimum atomic E-state index is -1.04. The van der Waals surface area contributed by atoms with Crippen LogP contribution in [0.4, 0.5) is 5.69 Å². The number of nitrogens with zero attached hydrogens (tertiary/aromatic N) is 2. The largest absolute Gasteiger partial charge is 0.478 e. The van der Waals surface area contributed by atoms with E-state index >= 15 is 0 Å². The summed E-state index contributed by atoms with van der Waals surface area (Å²) in [7, 11) is 2.47. The van der Waals surface area contributed by atoms with Crippen molar-refractivity contribution in [3.05, 3.63) is 95.9 Å². The van der Waals surface area contributed by atoms with Gasteiger partial charge in [0.25, 0.3) is 0 Å². The van der Waals surface area contributed by atoms with Gasteiger partial charge < -0.3 is 19.5 Å². The third kappa shape index (κ3) is 4.16. The zero-order valence-corrected chi connectivity index (χ0v) is 18.4. The van der Waals surface area contributed by atoms with E-state index < -0.39 is 17.9 Å². The molecular formula is C26H20N2O6. The number of methoxy groups -OCH3 is 2. The number of aromatic nitrogens is 1. The van der Waals surface area contributed by atoms with Gasteiger partial charge in [-0.05, 0) is 36.4 Å². The molecule has 1 aliphatic heterocycles. The molecule has 4 rings (SSSR count). The molecule has 2 heterocycles. The van der Waals surface area contributed by atoms with Crippen molar-refractivity contribution in [3.63, 3.8) is 0 Å². The number of para-hydroxylation sites is 1. The number of allylic oxidation sites excluding steroid dienone is 2. The summed E-state index contributed by atoms with van der Waals surface area (Å²) < 4.78 is 9.74. The maximum atomic E-state index is 12.6. The van der Waals surface area contributed by atoms with Crippen LogP contribution >= 0.6 is 0 Å². The van der Waals surface area contributed by atoms with Crippen molar-refractivity contribution in [1.29, 1.82) is 0 Å². The molecule has 34 heavy (non-hydrogen) atoms. The minimum absolute atomic E-state index is 0.00379. The first kappa shape index (κ1) is 22.5. The molecule has 0 radical (unpaired) electrons. The van der Waals surface area contributed by atoms with Crippen molar-refractivity contribution in [2.24, 2.45) is 0 Å². The van der Waals surface area contributed by atoms with Gasteiger partial charge in [-0.25, -0.2) is 19.4 Å². The Morgan fingerprint density at radius 1 is 0.912 bits per heavy atom. The number of hydrogen-bond acceptors (Lipinski definition) is 7. The monoisotopic (exact) mass is 456 g/mol. The number of esters is 2. The molecule has 0 fully saturated rings. The van der Waals surface area contributed by atoms with Crippen molar-refractivity contribution in [2.45, 2.75) is 0 Å². The van der Waals surface area contributed by atoms with Crippen molar-refractivity contribution < 1.29 is 29.0 Å². The van der Waals surface area contributed by atoms with Crippen LogP contribution in [0.5, 0.6) is 0 Å². The van der Waals surface area contributed by atoms with E-state index in [0.29, 0.717) is 27.8 Å². The molecule has 1 aromatic heterocycles. The number of anilines is 1. The normalized spacial score (nSPS) is 13.1. The Morgan fingerprint density at radius 3 is 2.29 bits per heavy atom. The van der Waals surface area contributed by atoms with Crippen molar-refractivity contribution in [1.82, 2.24) is 4.98 Å². The van der Waals surface area contributed by atoms with Crippen LogP contribution < -0.4 is 4.90 Å². The Morgan fingerprint density at radius 2 is 1.62 bits per heavy atom. The van der Waals surface area contributed by atoms with Gasteiger partial charge in [0.15, 0.2) is 0 Å². The first-order valence-corrected chi connectivity index (χ1v) is 10.2. The summed E-state index contributed by atoms with van der Waals surface area (Å²) in [6.07, 6.45) is 6.41. The average molecular weight is 456 g/mol. The molecule has 0 bridgehead atoms. The molecule has 1 aliphatic rings. The summed E-state index contributed by atoms with van der Waals surface area (Å²) >= 11 is 0. The topological polar surface area (TPSA) is 106 Å². The highest BCUT2D eigenvalue weighted by Gasteiger charge is 2.27. The molecule has 0 amide bonds. The molecule has 2 aromatic carbocycles. The number of carbonyl (C=O) groups excluding carboxylic acids is 2. The SMILES string of the molecule is COC(=O)C1=C(C(=O)OC)N(c2ccc(-c3cc(C(=O)O)c4ccccc4n3)cc2)C=CC=C1. The molecule has 8 nitrogen and oxygen atoms in total. The van der Waals surface area contributed by atoms with Crippen molar-refractivity contribution in [3.8, 4) is 11.3 Å². The standard InChI is InChI=1S/C26H20N2O6/c1-33-25(31)19-8-5-6-14-28(23(19)26(32)34-2)17-12-10-16(11-13-17)22-15-20(24(29)30)18-7-3-4-9-21(18)27-22/h3-15H,1-2H3,(H,29,30). The summed E-state index contributed by atoms with van der Waals surface area (Å²) in [5.74, 6) is -2.42. The third-order valence-corrected chi connectivity index (χ3v) is 5.28. The Kier molecular flexibility index (Phi) is 6.22. The minimum Gasteiger partial charge on any atom is -0.478 e. The summed E-state index contributed by atoms with van der Waals surface area (Å²) in [6.45, 7) is 0. The Hall–Kier alpha value is -4.72. The highest BCUT2D eigenvalue weighted by atomic mass is 16.5. The van der Waals surface area contributed by atoms with E-state index in [1.54, 1.807) is 66.9 Å². The molecule has 0 unspecified atom stereocenters. The predicted molar refractivity (Wildman–Crippen MR) is 126 cm³/mol. The van der Waals surface area contributed by atoms with Gasteiger partial charge in [-0.2, -0.15) is 0 Å². The van der Waals surface area contributed by atoms with E-state index in [-0.39, 0.29) is 16.8 Å². The van der Waals surface area contributed by atoms with Gasteiger partial charge in [-0.15, -0.1) is 0 Å². The molecule has 0 spiro atoms. The molecule has 0 aliphatic carbocycles. The number of aromatic carboxylic acids is 1. The lowest BCUT2D eigenvalue weighted by atomic mass is 10.0. The van der Waals surface area contributed by atoms with E-state index in [2.05, 4.69) is 4.98 Å². The van der Waals surface area contributed by atoms with Gasteiger partial charge in [0.2, 0.25) is 0 Å². The van der Waals surface area contributed by atoms with Gasteiger partial charge in [0, 0.05) is 22.8 Å². The van der Waals surface area contributed by atoms with E-state index in [0.717, 1.165) is 0 Å². The molecule has 170 valence electrons. The van der Waals surface area contributed by atoms with Crippen molar-refractivity contribution in [2.75, 3.05) is 19.1 Å². The lowest BCUT2D eigenvalue weighted by Gasteiger charge is -2.23. The van der Waals surface area contributed by atoms with Crippen LogP contribution in [0.1, 0.15) is 10.4 Å². The van der Waals surface area contributed by atoms with Crippen LogP contribution in [0.25, 0.3) is 22.2 Å². The van der Waals surface area contributed by atoms with Gasteiger partial charge in [-0.1, -0.05) is 36.4 Å².